The van der Waals surface area contributed by atoms with Crippen LogP contribution in [0.3, 0.4) is 0 Å². The Balaban J connectivity index is 3.39. The van der Waals surface area contributed by atoms with Gasteiger partial charge in [-0.3, -0.25) is 9.78 Å². The van der Waals surface area contributed by atoms with Crippen LogP contribution in [-0.2, 0) is 16.0 Å². The number of methoxy groups -OCH3 is 2. The van der Waals surface area contributed by atoms with Gasteiger partial charge in [-0.1, -0.05) is 0 Å². The second-order valence-electron chi connectivity index (χ2n) is 3.23. The smallest absolute Gasteiger partial charge is 0.310 e. The third-order valence-corrected chi connectivity index (χ3v) is 2.24. The van der Waals surface area contributed by atoms with E-state index in [2.05, 4.69) is 9.72 Å². The van der Waals surface area contributed by atoms with Crippen LogP contribution in [0.5, 0.6) is 5.75 Å². The molecule has 0 fully saturated rings. The van der Waals surface area contributed by atoms with Gasteiger partial charge < -0.3 is 9.47 Å². The molecule has 1 aromatic heterocycles. The molecule has 7 heteroatoms. The van der Waals surface area contributed by atoms with Crippen molar-refractivity contribution in [1.29, 1.82) is 5.26 Å². The molecular formula is C11H10F2N2O3. The largest absolute Gasteiger partial charge is 0.495 e. The highest BCUT2D eigenvalue weighted by Crippen LogP contribution is 2.31. The maximum Gasteiger partial charge on any atom is 0.310 e. The molecule has 0 unspecified atom stereocenters. The van der Waals surface area contributed by atoms with Gasteiger partial charge >= 0.3 is 5.97 Å². The summed E-state index contributed by atoms with van der Waals surface area (Å²) in [5.74, 6) is -0.791. The molecule has 96 valence electrons. The molecule has 1 heterocycles. The molecule has 0 saturated carbocycles. The summed E-state index contributed by atoms with van der Waals surface area (Å²) in [6, 6.07) is 1.76. The van der Waals surface area contributed by atoms with Crippen LogP contribution in [0.1, 0.15) is 23.2 Å². The van der Waals surface area contributed by atoms with Crippen LogP contribution in [0.4, 0.5) is 8.78 Å². The number of nitrogens with zero attached hydrogens (tertiary/aromatic N) is 2. The second-order valence-corrected chi connectivity index (χ2v) is 3.23. The van der Waals surface area contributed by atoms with E-state index >= 15 is 0 Å². The van der Waals surface area contributed by atoms with Gasteiger partial charge in [0, 0.05) is 11.8 Å². The lowest BCUT2D eigenvalue weighted by Gasteiger charge is -2.13. The Kier molecular flexibility index (Phi) is 4.54. The van der Waals surface area contributed by atoms with Crippen LogP contribution in [-0.4, -0.2) is 25.2 Å². The molecule has 5 nitrogen and oxygen atoms in total. The van der Waals surface area contributed by atoms with Crippen molar-refractivity contribution in [3.63, 3.8) is 0 Å². The van der Waals surface area contributed by atoms with Crippen molar-refractivity contribution in [3.8, 4) is 11.8 Å². The molecule has 0 aliphatic rings. The number of halogens is 2. The maximum atomic E-state index is 12.8. The Morgan fingerprint density at radius 2 is 2.22 bits per heavy atom. The molecule has 18 heavy (non-hydrogen) atoms. The lowest BCUT2D eigenvalue weighted by Crippen LogP contribution is -2.11. The number of hydrogen-bond acceptors (Lipinski definition) is 5. The number of carbonyl (C=O) groups excluding carboxylic acids is 1. The lowest BCUT2D eigenvalue weighted by atomic mass is 10.1. The van der Waals surface area contributed by atoms with Crippen LogP contribution < -0.4 is 4.74 Å². The normalized spacial score (nSPS) is 10.0. The highest BCUT2D eigenvalue weighted by molar-refractivity contribution is 5.74. The van der Waals surface area contributed by atoms with Gasteiger partial charge in [-0.25, -0.2) is 8.78 Å². The highest BCUT2D eigenvalue weighted by atomic mass is 19.3. The molecule has 1 rings (SSSR count). The number of aromatic nitrogens is 1. The van der Waals surface area contributed by atoms with Crippen LogP contribution in [0.25, 0.3) is 0 Å². The summed E-state index contributed by atoms with van der Waals surface area (Å²) in [5, 5.41) is 8.82. The summed E-state index contributed by atoms with van der Waals surface area (Å²) >= 11 is 0. The zero-order valence-electron chi connectivity index (χ0n) is 9.74. The SMILES string of the molecule is COC(=O)Cc1c(C(F)F)ncc(C#N)c1OC. The molecule has 1 aromatic rings. The average molecular weight is 256 g/mol. The number of esters is 1. The minimum Gasteiger partial charge on any atom is -0.495 e. The van der Waals surface area contributed by atoms with Crippen LogP contribution in [0, 0.1) is 11.3 Å². The van der Waals surface area contributed by atoms with Gasteiger partial charge in [0.15, 0.2) is 0 Å². The number of nitriles is 1. The zero-order chi connectivity index (χ0) is 13.7. The lowest BCUT2D eigenvalue weighted by molar-refractivity contribution is -0.139. The standard InChI is InChI=1S/C11H10F2N2O3/c1-17-8(16)3-7-9(11(12)13)15-5-6(4-14)10(7)18-2/h5,11H,3H2,1-2H3. The van der Waals surface area contributed by atoms with E-state index in [4.69, 9.17) is 10.00 Å². The fraction of sp³-hybridized carbons (Fsp3) is 0.364. The predicted molar refractivity (Wildman–Crippen MR) is 56.2 cm³/mol. The first-order valence-corrected chi connectivity index (χ1v) is 4.86. The van der Waals surface area contributed by atoms with Gasteiger partial charge in [0.05, 0.1) is 20.6 Å². The van der Waals surface area contributed by atoms with Crippen molar-refractivity contribution in [2.24, 2.45) is 0 Å². The van der Waals surface area contributed by atoms with Gasteiger partial charge in [-0.2, -0.15) is 5.26 Å². The Labute approximate surface area is 102 Å². The van der Waals surface area contributed by atoms with Crippen LogP contribution in [0.2, 0.25) is 0 Å². The summed E-state index contributed by atoms with van der Waals surface area (Å²) in [6.07, 6.45) is -2.31. The summed E-state index contributed by atoms with van der Waals surface area (Å²) < 4.78 is 34.9. The number of carbonyl (C=O) groups is 1. The number of alkyl halides is 2. The molecule has 0 saturated heterocycles. The summed E-state index contributed by atoms with van der Waals surface area (Å²) in [5.41, 5.74) is -0.726. The van der Waals surface area contributed by atoms with Crippen molar-refractivity contribution < 1.29 is 23.0 Å². The van der Waals surface area contributed by atoms with E-state index in [9.17, 15) is 13.6 Å². The molecule has 0 aromatic carbocycles. The first-order chi connectivity index (χ1) is 8.54. The van der Waals surface area contributed by atoms with Crippen molar-refractivity contribution in [3.05, 3.63) is 23.0 Å². The molecule has 0 spiro atoms. The molecule has 0 aliphatic heterocycles. The van der Waals surface area contributed by atoms with E-state index in [1.54, 1.807) is 6.07 Å². The quantitative estimate of drug-likeness (QED) is 0.765. The summed E-state index contributed by atoms with van der Waals surface area (Å²) in [7, 11) is 2.37. The fourth-order valence-corrected chi connectivity index (χ4v) is 1.44. The van der Waals surface area contributed by atoms with Gasteiger partial charge in [-0.05, 0) is 0 Å². The van der Waals surface area contributed by atoms with Crippen molar-refractivity contribution in [2.45, 2.75) is 12.8 Å². The van der Waals surface area contributed by atoms with Crippen molar-refractivity contribution in [2.75, 3.05) is 14.2 Å². The van der Waals surface area contributed by atoms with Crippen LogP contribution in [0.15, 0.2) is 6.20 Å². The minimum absolute atomic E-state index is 0.0131. The summed E-state index contributed by atoms with van der Waals surface area (Å²) in [6.45, 7) is 0. The number of pyridine rings is 1. The summed E-state index contributed by atoms with van der Waals surface area (Å²) in [4.78, 5) is 14.7. The van der Waals surface area contributed by atoms with Gasteiger partial charge in [0.2, 0.25) is 0 Å². The predicted octanol–water partition coefficient (Wildman–Crippen LogP) is 1.61. The first kappa shape index (κ1) is 13.8. The van der Waals surface area contributed by atoms with Gasteiger partial charge in [0.1, 0.15) is 23.1 Å². The van der Waals surface area contributed by atoms with E-state index in [0.717, 1.165) is 13.3 Å². The Bertz CT molecular complexity index is 498. The number of hydrogen-bond donors (Lipinski definition) is 0. The maximum absolute atomic E-state index is 12.8. The van der Waals surface area contributed by atoms with E-state index in [1.165, 1.54) is 7.11 Å². The second kappa shape index (κ2) is 5.91. The van der Waals surface area contributed by atoms with E-state index in [1.807, 2.05) is 0 Å². The minimum atomic E-state index is -2.87. The first-order valence-electron chi connectivity index (χ1n) is 4.86. The Morgan fingerprint density at radius 1 is 1.56 bits per heavy atom. The Hall–Kier alpha value is -2.23. The van der Waals surface area contributed by atoms with Gasteiger partial charge in [-0.15, -0.1) is 0 Å². The highest BCUT2D eigenvalue weighted by Gasteiger charge is 2.23. The van der Waals surface area contributed by atoms with Gasteiger partial charge in [0.25, 0.3) is 6.43 Å². The average Bonchev–Trinajstić information content (AvgIpc) is 2.37. The van der Waals surface area contributed by atoms with E-state index in [0.29, 0.717) is 0 Å². The van der Waals surface area contributed by atoms with Crippen molar-refractivity contribution in [1.82, 2.24) is 4.98 Å². The number of ether oxygens (including phenoxy) is 2. The van der Waals surface area contributed by atoms with E-state index in [-0.39, 0.29) is 16.9 Å². The molecule has 0 aliphatic carbocycles. The molecular weight excluding hydrogens is 246 g/mol. The molecule has 0 N–H and O–H groups in total. The zero-order valence-corrected chi connectivity index (χ0v) is 9.74. The van der Waals surface area contributed by atoms with E-state index < -0.39 is 24.5 Å². The van der Waals surface area contributed by atoms with Crippen LogP contribution >= 0.6 is 0 Å². The Morgan fingerprint density at radius 3 is 2.67 bits per heavy atom. The third-order valence-electron chi connectivity index (χ3n) is 2.24. The molecule has 0 bridgehead atoms. The molecule has 0 radical (unpaired) electrons. The van der Waals surface area contributed by atoms with Crippen molar-refractivity contribution >= 4 is 5.97 Å². The molecule has 0 atom stereocenters. The topological polar surface area (TPSA) is 72.2 Å². The molecule has 0 amide bonds. The third kappa shape index (κ3) is 2.71. The fourth-order valence-electron chi connectivity index (χ4n) is 1.44. The number of rotatable bonds is 4. The monoisotopic (exact) mass is 256 g/mol.